The molecule has 3 N–H and O–H groups in total. The first-order chi connectivity index (χ1) is 35.0. The molecule has 0 fully saturated rings. The summed E-state index contributed by atoms with van der Waals surface area (Å²) in [7, 11) is 0. The summed E-state index contributed by atoms with van der Waals surface area (Å²) in [5, 5.41) is 23.9. The summed E-state index contributed by atoms with van der Waals surface area (Å²) in [5.41, 5.74) is 0. The van der Waals surface area contributed by atoms with Crippen LogP contribution < -0.4 is 5.32 Å². The van der Waals surface area contributed by atoms with Crippen LogP contribution in [0.4, 0.5) is 0 Å². The van der Waals surface area contributed by atoms with Gasteiger partial charge in [-0.1, -0.05) is 253 Å². The van der Waals surface area contributed by atoms with Gasteiger partial charge in [0.25, 0.3) is 0 Å². The molecule has 0 aromatic heterocycles. The molecule has 0 spiro atoms. The minimum absolute atomic E-state index is 0.0446. The minimum Gasteiger partial charge on any atom is -0.462 e. The summed E-state index contributed by atoms with van der Waals surface area (Å²) in [5.74, 6) is -0.533. The largest absolute Gasteiger partial charge is 0.462 e. The molecule has 0 aliphatic carbocycles. The first-order valence-electron chi connectivity index (χ1n) is 30.0. The van der Waals surface area contributed by atoms with Crippen molar-refractivity contribution in [3.63, 3.8) is 0 Å². The molecule has 6 nitrogen and oxygen atoms in total. The van der Waals surface area contributed by atoms with Crippen molar-refractivity contribution in [3.8, 4) is 0 Å². The second-order valence-electron chi connectivity index (χ2n) is 20.0. The maximum absolute atomic E-state index is 13.3. The third-order valence-electron chi connectivity index (χ3n) is 13.1. The molecule has 3 unspecified atom stereocenters. The first-order valence-corrected chi connectivity index (χ1v) is 30.0. The lowest BCUT2D eigenvalue weighted by molar-refractivity contribution is -0.151. The molecule has 3 atom stereocenters. The summed E-state index contributed by atoms with van der Waals surface area (Å²) in [6, 6.07) is -0.723. The predicted molar refractivity (Wildman–Crippen MR) is 310 cm³/mol. The Balaban J connectivity index is 4.68. The standard InChI is InChI=1S/C65H113NO5/c1-4-7-10-13-16-19-22-25-28-31-32-34-37-40-43-46-49-52-55-58-65(70)71-61(56-53-50-47-44-41-38-35-33-29-26-23-20-17-14-11-8-5-2)59-64(69)66-62(60-67)63(68)57-54-51-48-45-42-39-36-30-27-24-21-18-15-12-9-6-3/h7,10,16-17,19-20,25-26,28-29,32,34-35,38,40,43,61-63,67-68H,4-6,8-9,11-15,18,21-24,27,30-31,33,36-37,39,41-42,44-60H2,1-3H3,(H,66,69)/b10-7-,19-16-,20-17-,28-25-,29-26-,34-32-,38-35-,43-40-. The molecule has 0 radical (unpaired) electrons. The van der Waals surface area contributed by atoms with E-state index in [0.717, 1.165) is 122 Å². The van der Waals surface area contributed by atoms with Crippen molar-refractivity contribution in [1.29, 1.82) is 0 Å². The van der Waals surface area contributed by atoms with Crippen LogP contribution in [0.15, 0.2) is 97.2 Å². The average Bonchev–Trinajstić information content (AvgIpc) is 3.36. The maximum Gasteiger partial charge on any atom is 0.306 e. The van der Waals surface area contributed by atoms with Gasteiger partial charge >= 0.3 is 5.97 Å². The Morgan fingerprint density at radius 3 is 1.18 bits per heavy atom. The van der Waals surface area contributed by atoms with E-state index in [1.165, 1.54) is 109 Å². The van der Waals surface area contributed by atoms with Crippen molar-refractivity contribution < 1.29 is 24.5 Å². The monoisotopic (exact) mass is 988 g/mol. The third kappa shape index (κ3) is 52.9. The van der Waals surface area contributed by atoms with Crippen molar-refractivity contribution >= 4 is 11.9 Å². The van der Waals surface area contributed by atoms with Gasteiger partial charge in [0.15, 0.2) is 0 Å². The number of esters is 1. The highest BCUT2D eigenvalue weighted by molar-refractivity contribution is 5.77. The van der Waals surface area contributed by atoms with Crippen LogP contribution in [-0.4, -0.2) is 46.9 Å². The van der Waals surface area contributed by atoms with Crippen LogP contribution in [0.2, 0.25) is 0 Å². The molecule has 0 saturated heterocycles. The van der Waals surface area contributed by atoms with E-state index >= 15 is 0 Å². The molecule has 1 amide bonds. The topological polar surface area (TPSA) is 95.9 Å². The van der Waals surface area contributed by atoms with Gasteiger partial charge in [0.05, 0.1) is 25.2 Å². The molecule has 6 heteroatoms. The number of aliphatic hydroxyl groups is 2. The van der Waals surface area contributed by atoms with Crippen molar-refractivity contribution in [1.82, 2.24) is 5.32 Å². The van der Waals surface area contributed by atoms with Crippen LogP contribution in [0.1, 0.15) is 278 Å². The van der Waals surface area contributed by atoms with E-state index in [1.807, 2.05) is 0 Å². The maximum atomic E-state index is 13.3. The molecular formula is C65H113NO5. The van der Waals surface area contributed by atoms with E-state index in [0.29, 0.717) is 19.3 Å². The van der Waals surface area contributed by atoms with Gasteiger partial charge in [-0.05, 0) is 109 Å². The Morgan fingerprint density at radius 2 is 0.761 bits per heavy atom. The predicted octanol–water partition coefficient (Wildman–Crippen LogP) is 18.8. The van der Waals surface area contributed by atoms with Crippen LogP contribution in [0, 0.1) is 0 Å². The van der Waals surface area contributed by atoms with Crippen molar-refractivity contribution in [3.05, 3.63) is 97.2 Å². The zero-order valence-electron chi connectivity index (χ0n) is 46.6. The van der Waals surface area contributed by atoms with Crippen LogP contribution >= 0.6 is 0 Å². The zero-order chi connectivity index (χ0) is 51.6. The minimum atomic E-state index is -0.807. The number of carbonyl (C=O) groups is 2. The van der Waals surface area contributed by atoms with Crippen LogP contribution in [0.3, 0.4) is 0 Å². The fourth-order valence-electron chi connectivity index (χ4n) is 8.64. The smallest absolute Gasteiger partial charge is 0.306 e. The number of rotatable bonds is 53. The number of carbonyl (C=O) groups excluding carboxylic acids is 2. The summed E-state index contributed by atoms with van der Waals surface area (Å²) < 4.78 is 5.95. The van der Waals surface area contributed by atoms with E-state index in [2.05, 4.69) is 123 Å². The number of ether oxygens (including phenoxy) is 1. The summed E-state index contributed by atoms with van der Waals surface area (Å²) in [6.45, 7) is 6.35. The number of unbranched alkanes of at least 4 members (excludes halogenated alkanes) is 25. The number of allylic oxidation sites excluding steroid dienone is 16. The van der Waals surface area contributed by atoms with Gasteiger partial charge in [-0.2, -0.15) is 0 Å². The molecule has 0 heterocycles. The Labute approximate surface area is 439 Å². The summed E-state index contributed by atoms with van der Waals surface area (Å²) >= 11 is 0. The number of aliphatic hydroxyl groups excluding tert-OH is 2. The summed E-state index contributed by atoms with van der Waals surface area (Å²) in [4.78, 5) is 26.3. The normalized spacial score (nSPS) is 13.8. The lowest BCUT2D eigenvalue weighted by Gasteiger charge is -2.24. The highest BCUT2D eigenvalue weighted by Gasteiger charge is 2.24. The van der Waals surface area contributed by atoms with Gasteiger partial charge in [0.2, 0.25) is 5.91 Å². The van der Waals surface area contributed by atoms with Crippen LogP contribution in [0.25, 0.3) is 0 Å². The Kier molecular flexibility index (Phi) is 55.1. The first kappa shape index (κ1) is 67.8. The lowest BCUT2D eigenvalue weighted by atomic mass is 10.0. The zero-order valence-corrected chi connectivity index (χ0v) is 46.6. The molecule has 0 rings (SSSR count). The lowest BCUT2D eigenvalue weighted by Crippen LogP contribution is -2.46. The van der Waals surface area contributed by atoms with Gasteiger partial charge in [-0.3, -0.25) is 9.59 Å². The van der Waals surface area contributed by atoms with Gasteiger partial charge < -0.3 is 20.3 Å². The van der Waals surface area contributed by atoms with Crippen LogP contribution in [0.5, 0.6) is 0 Å². The van der Waals surface area contributed by atoms with Gasteiger partial charge in [-0.25, -0.2) is 0 Å². The Bertz CT molecular complexity index is 1390. The molecule has 71 heavy (non-hydrogen) atoms. The number of hydrogen-bond acceptors (Lipinski definition) is 5. The second-order valence-corrected chi connectivity index (χ2v) is 20.0. The molecule has 0 aliphatic heterocycles. The van der Waals surface area contributed by atoms with E-state index < -0.39 is 18.2 Å². The Hall–Kier alpha value is -3.22. The van der Waals surface area contributed by atoms with E-state index in [9.17, 15) is 19.8 Å². The third-order valence-corrected chi connectivity index (χ3v) is 13.1. The number of hydrogen-bond donors (Lipinski definition) is 3. The molecular weight excluding hydrogens is 875 g/mol. The number of nitrogens with one attached hydrogen (secondary N) is 1. The molecule has 0 saturated carbocycles. The fraction of sp³-hybridized carbons (Fsp3) is 0.723. The quantitative estimate of drug-likeness (QED) is 0.0321. The molecule has 0 aromatic carbocycles. The fourth-order valence-corrected chi connectivity index (χ4v) is 8.64. The highest BCUT2D eigenvalue weighted by atomic mass is 16.5. The van der Waals surface area contributed by atoms with E-state index in [4.69, 9.17) is 4.74 Å². The molecule has 408 valence electrons. The summed E-state index contributed by atoms with van der Waals surface area (Å²) in [6.07, 6.45) is 77.5. The van der Waals surface area contributed by atoms with Gasteiger partial charge in [0, 0.05) is 6.42 Å². The van der Waals surface area contributed by atoms with Crippen molar-refractivity contribution in [2.45, 2.75) is 296 Å². The molecule has 0 aliphatic rings. The van der Waals surface area contributed by atoms with Crippen molar-refractivity contribution in [2.24, 2.45) is 0 Å². The average molecular weight is 989 g/mol. The van der Waals surface area contributed by atoms with Gasteiger partial charge in [-0.15, -0.1) is 0 Å². The highest BCUT2D eigenvalue weighted by Crippen LogP contribution is 2.18. The van der Waals surface area contributed by atoms with Crippen molar-refractivity contribution in [2.75, 3.05) is 6.61 Å². The molecule has 0 bridgehead atoms. The van der Waals surface area contributed by atoms with Gasteiger partial charge in [0.1, 0.15) is 6.10 Å². The SMILES string of the molecule is CC/C=C\C/C=C\C/C=C\C/C=C\C/C=C\CCCCCC(=O)OC(CCCCCC/C=C\C/C=C\C/C=C\CCCCC)CC(=O)NC(CO)C(O)CCCCCCCCCCCCCCCCCC. The number of amides is 1. The Morgan fingerprint density at radius 1 is 0.423 bits per heavy atom. The molecule has 0 aromatic rings. The van der Waals surface area contributed by atoms with Crippen LogP contribution in [-0.2, 0) is 14.3 Å². The van der Waals surface area contributed by atoms with E-state index in [-0.39, 0.29) is 24.9 Å². The van der Waals surface area contributed by atoms with E-state index in [1.54, 1.807) is 0 Å². The second kappa shape index (κ2) is 57.7.